The molecule has 0 aromatic heterocycles. The molecule has 1 saturated heterocycles. The van der Waals surface area contributed by atoms with Crippen LogP contribution in [0.3, 0.4) is 0 Å². The summed E-state index contributed by atoms with van der Waals surface area (Å²) in [4.78, 5) is 13.0. The first-order valence-electron chi connectivity index (χ1n) is 27.3. The van der Waals surface area contributed by atoms with Crippen molar-refractivity contribution in [1.82, 2.24) is 5.32 Å². The topological polar surface area (TPSA) is 149 Å². The largest absolute Gasteiger partial charge is 0.394 e. The maximum absolute atomic E-state index is 13.0. The Balaban J connectivity index is 2.30. The summed E-state index contributed by atoms with van der Waals surface area (Å²) < 4.78 is 11.2. The standard InChI is InChI=1S/C58H101NO8/c1-3-5-7-9-11-13-15-17-19-21-22-23-24-25-26-27-28-29-30-32-33-35-37-39-41-43-45-47-52(61)51(50-66-58-57(65)56(64)55(63)53(49-60)67-58)59-54(62)48-46-44-42-40-38-36-34-31-20-18-16-14-12-10-8-6-4-2/h6,8,12,14,18,20,34,36-37,39-40,42,45,47,51-53,55-58,60-61,63-65H,3-5,7,9-11,13,15-17,19,21-33,35,38,41,43-44,46,48-50H2,1-2H3,(H,59,62)/b8-6-,14-12-,20-18-,36-34-,39-37+,42-40-,47-45+. The smallest absolute Gasteiger partial charge is 0.220 e. The van der Waals surface area contributed by atoms with Crippen LogP contribution in [0.25, 0.3) is 0 Å². The van der Waals surface area contributed by atoms with E-state index in [4.69, 9.17) is 9.47 Å². The lowest BCUT2D eigenvalue weighted by atomic mass is 9.99. The number of amides is 1. The summed E-state index contributed by atoms with van der Waals surface area (Å²) in [5.74, 6) is -0.245. The second-order valence-electron chi connectivity index (χ2n) is 18.6. The van der Waals surface area contributed by atoms with Crippen LogP contribution in [-0.2, 0) is 14.3 Å². The molecule has 0 aromatic carbocycles. The summed E-state index contributed by atoms with van der Waals surface area (Å²) in [5.41, 5.74) is 0. The van der Waals surface area contributed by atoms with Crippen LogP contribution in [0.5, 0.6) is 0 Å². The van der Waals surface area contributed by atoms with E-state index in [1.807, 2.05) is 6.08 Å². The molecule has 0 aliphatic carbocycles. The third-order valence-electron chi connectivity index (χ3n) is 12.5. The third kappa shape index (κ3) is 36.9. The highest BCUT2D eigenvalue weighted by atomic mass is 16.7. The molecule has 1 aliphatic heterocycles. The first-order valence-corrected chi connectivity index (χ1v) is 27.3. The SMILES string of the molecule is CC/C=C\C/C=C\C/C=C\C/C=C\C/C=C\CCCC(=O)NC(COC1OC(CO)C(O)C(O)C1O)C(O)/C=C/CC/C=C/CCCCCCCCCCCCCCCCCCCCCCC. The Kier molecular flexibility index (Phi) is 43.8. The zero-order valence-electron chi connectivity index (χ0n) is 42.6. The summed E-state index contributed by atoms with van der Waals surface area (Å²) in [6.07, 6.45) is 59.5. The summed E-state index contributed by atoms with van der Waals surface area (Å²) >= 11 is 0. The Morgan fingerprint density at radius 3 is 1.43 bits per heavy atom. The number of allylic oxidation sites excluding steroid dienone is 13. The van der Waals surface area contributed by atoms with E-state index < -0.39 is 49.5 Å². The molecule has 9 nitrogen and oxygen atoms in total. The zero-order chi connectivity index (χ0) is 48.7. The fraction of sp³-hybridized carbons (Fsp3) is 0.741. The molecule has 6 N–H and O–H groups in total. The lowest BCUT2D eigenvalue weighted by molar-refractivity contribution is -0.302. The molecule has 0 aromatic rings. The summed E-state index contributed by atoms with van der Waals surface area (Å²) in [7, 11) is 0. The van der Waals surface area contributed by atoms with Crippen molar-refractivity contribution in [3.8, 4) is 0 Å². The Bertz CT molecular complexity index is 1320. The maximum Gasteiger partial charge on any atom is 0.220 e. The van der Waals surface area contributed by atoms with Crippen molar-refractivity contribution in [2.45, 2.75) is 262 Å². The van der Waals surface area contributed by atoms with Gasteiger partial charge in [0.25, 0.3) is 0 Å². The second kappa shape index (κ2) is 47.1. The van der Waals surface area contributed by atoms with E-state index in [0.717, 1.165) is 57.8 Å². The summed E-state index contributed by atoms with van der Waals surface area (Å²) in [5, 5.41) is 54.3. The fourth-order valence-corrected chi connectivity index (χ4v) is 8.15. The fourth-order valence-electron chi connectivity index (χ4n) is 8.15. The van der Waals surface area contributed by atoms with Crippen LogP contribution in [0, 0.1) is 0 Å². The zero-order valence-corrected chi connectivity index (χ0v) is 42.6. The van der Waals surface area contributed by atoms with Crippen molar-refractivity contribution in [2.24, 2.45) is 0 Å². The molecule has 1 heterocycles. The van der Waals surface area contributed by atoms with E-state index in [0.29, 0.717) is 6.42 Å². The number of rotatable bonds is 45. The molecule has 1 aliphatic rings. The highest BCUT2D eigenvalue weighted by Gasteiger charge is 2.44. The predicted molar refractivity (Wildman–Crippen MR) is 281 cm³/mol. The highest BCUT2D eigenvalue weighted by molar-refractivity contribution is 5.76. The van der Waals surface area contributed by atoms with Gasteiger partial charge in [-0.05, 0) is 70.6 Å². The lowest BCUT2D eigenvalue weighted by Gasteiger charge is -2.40. The number of carbonyl (C=O) groups is 1. The molecule has 1 fully saturated rings. The van der Waals surface area contributed by atoms with Gasteiger partial charge in [0.15, 0.2) is 6.29 Å². The van der Waals surface area contributed by atoms with E-state index in [1.165, 1.54) is 135 Å². The molecular weight excluding hydrogens is 839 g/mol. The van der Waals surface area contributed by atoms with Gasteiger partial charge in [0.05, 0.1) is 25.4 Å². The molecule has 1 rings (SSSR count). The van der Waals surface area contributed by atoms with Crippen LogP contribution >= 0.6 is 0 Å². The van der Waals surface area contributed by atoms with E-state index in [2.05, 4.69) is 92.1 Å². The molecule has 7 atom stereocenters. The normalized spacial score (nSPS) is 20.4. The minimum absolute atomic E-state index is 0.228. The Hall–Kier alpha value is -2.63. The molecule has 0 bridgehead atoms. The van der Waals surface area contributed by atoms with Gasteiger partial charge in [0, 0.05) is 6.42 Å². The van der Waals surface area contributed by atoms with Gasteiger partial charge < -0.3 is 40.3 Å². The van der Waals surface area contributed by atoms with Crippen molar-refractivity contribution in [2.75, 3.05) is 13.2 Å². The number of nitrogens with one attached hydrogen (secondary N) is 1. The van der Waals surface area contributed by atoms with Crippen LogP contribution in [0.2, 0.25) is 0 Å². The molecule has 386 valence electrons. The van der Waals surface area contributed by atoms with E-state index >= 15 is 0 Å². The Labute approximate surface area is 410 Å². The number of aliphatic hydroxyl groups excluding tert-OH is 5. The quantitative estimate of drug-likeness (QED) is 0.0261. The minimum Gasteiger partial charge on any atom is -0.394 e. The van der Waals surface area contributed by atoms with Gasteiger partial charge >= 0.3 is 0 Å². The van der Waals surface area contributed by atoms with Gasteiger partial charge in [-0.2, -0.15) is 0 Å². The molecule has 1 amide bonds. The van der Waals surface area contributed by atoms with E-state index in [1.54, 1.807) is 6.08 Å². The van der Waals surface area contributed by atoms with Crippen molar-refractivity contribution >= 4 is 5.91 Å². The van der Waals surface area contributed by atoms with Crippen molar-refractivity contribution in [3.05, 3.63) is 85.1 Å². The lowest BCUT2D eigenvalue weighted by Crippen LogP contribution is -2.60. The Morgan fingerprint density at radius 1 is 0.522 bits per heavy atom. The second-order valence-corrected chi connectivity index (χ2v) is 18.6. The molecular formula is C58H101NO8. The van der Waals surface area contributed by atoms with Gasteiger partial charge in [0.2, 0.25) is 5.91 Å². The minimum atomic E-state index is -1.59. The van der Waals surface area contributed by atoms with Crippen LogP contribution in [-0.4, -0.2) is 87.5 Å². The van der Waals surface area contributed by atoms with Gasteiger partial charge in [-0.3, -0.25) is 4.79 Å². The number of carbonyl (C=O) groups excluding carboxylic acids is 1. The first kappa shape index (κ1) is 62.4. The van der Waals surface area contributed by atoms with Crippen LogP contribution in [0.1, 0.15) is 219 Å². The molecule has 67 heavy (non-hydrogen) atoms. The third-order valence-corrected chi connectivity index (χ3v) is 12.5. The van der Waals surface area contributed by atoms with Crippen LogP contribution < -0.4 is 5.32 Å². The van der Waals surface area contributed by atoms with Crippen molar-refractivity contribution in [3.63, 3.8) is 0 Å². The van der Waals surface area contributed by atoms with E-state index in [9.17, 15) is 30.3 Å². The summed E-state index contributed by atoms with van der Waals surface area (Å²) in [6.45, 7) is 3.62. The number of hydrogen-bond acceptors (Lipinski definition) is 8. The molecule has 0 radical (unpaired) electrons. The number of hydrogen-bond donors (Lipinski definition) is 6. The number of aliphatic hydroxyl groups is 5. The first-order chi connectivity index (χ1) is 32.8. The van der Waals surface area contributed by atoms with Crippen molar-refractivity contribution in [1.29, 1.82) is 0 Å². The molecule has 7 unspecified atom stereocenters. The van der Waals surface area contributed by atoms with Crippen molar-refractivity contribution < 1.29 is 39.8 Å². The Morgan fingerprint density at radius 2 is 0.940 bits per heavy atom. The monoisotopic (exact) mass is 940 g/mol. The average molecular weight is 940 g/mol. The van der Waals surface area contributed by atoms with Gasteiger partial charge in [-0.15, -0.1) is 0 Å². The number of ether oxygens (including phenoxy) is 2. The van der Waals surface area contributed by atoms with Gasteiger partial charge in [-0.25, -0.2) is 0 Å². The highest BCUT2D eigenvalue weighted by Crippen LogP contribution is 2.23. The number of unbranched alkanes of at least 4 members (excludes halogenated alkanes) is 23. The van der Waals surface area contributed by atoms with E-state index in [-0.39, 0.29) is 18.9 Å². The van der Waals surface area contributed by atoms with Crippen LogP contribution in [0.4, 0.5) is 0 Å². The van der Waals surface area contributed by atoms with Gasteiger partial charge in [0.1, 0.15) is 24.4 Å². The predicted octanol–water partition coefficient (Wildman–Crippen LogP) is 13.1. The summed E-state index contributed by atoms with van der Waals surface area (Å²) in [6, 6.07) is -0.857. The maximum atomic E-state index is 13.0. The van der Waals surface area contributed by atoms with Gasteiger partial charge in [-0.1, -0.05) is 227 Å². The van der Waals surface area contributed by atoms with Crippen LogP contribution in [0.15, 0.2) is 85.1 Å². The molecule has 9 heteroatoms. The average Bonchev–Trinajstić information content (AvgIpc) is 3.33. The molecule has 0 saturated carbocycles. The molecule has 0 spiro atoms.